The Balaban J connectivity index is 2.18. The fourth-order valence-corrected chi connectivity index (χ4v) is 2.52. The SMILES string of the molecule is CC[C@@H]1C(CO)O[C@@H](OC)[C@H]2OC(=O)COC12. The van der Waals surface area contributed by atoms with Crippen LogP contribution in [-0.2, 0) is 23.7 Å². The van der Waals surface area contributed by atoms with Gasteiger partial charge in [-0.25, -0.2) is 4.79 Å². The van der Waals surface area contributed by atoms with Gasteiger partial charge in [0.1, 0.15) is 12.7 Å². The van der Waals surface area contributed by atoms with Crippen LogP contribution >= 0.6 is 0 Å². The van der Waals surface area contributed by atoms with E-state index in [4.69, 9.17) is 18.9 Å². The van der Waals surface area contributed by atoms with E-state index >= 15 is 0 Å². The molecule has 0 saturated carbocycles. The number of esters is 1. The average molecular weight is 246 g/mol. The van der Waals surface area contributed by atoms with Crippen LogP contribution in [0.2, 0.25) is 0 Å². The molecule has 0 amide bonds. The first-order chi connectivity index (χ1) is 8.21. The summed E-state index contributed by atoms with van der Waals surface area (Å²) in [5.41, 5.74) is 0. The van der Waals surface area contributed by atoms with Gasteiger partial charge in [0.05, 0.1) is 12.7 Å². The van der Waals surface area contributed by atoms with Gasteiger partial charge in [-0.05, 0) is 6.42 Å². The van der Waals surface area contributed by atoms with Crippen LogP contribution in [0.15, 0.2) is 0 Å². The molecule has 2 aliphatic heterocycles. The van der Waals surface area contributed by atoms with Crippen molar-refractivity contribution in [3.63, 3.8) is 0 Å². The highest BCUT2D eigenvalue weighted by molar-refractivity contribution is 5.71. The Morgan fingerprint density at radius 3 is 2.82 bits per heavy atom. The summed E-state index contributed by atoms with van der Waals surface area (Å²) in [4.78, 5) is 11.2. The lowest BCUT2D eigenvalue weighted by molar-refractivity contribution is -0.307. The lowest BCUT2D eigenvalue weighted by Crippen LogP contribution is -2.60. The predicted octanol–water partition coefficient (Wildman–Crippen LogP) is -0.313. The van der Waals surface area contributed by atoms with Crippen molar-refractivity contribution in [3.05, 3.63) is 0 Å². The van der Waals surface area contributed by atoms with Gasteiger partial charge in [-0.15, -0.1) is 0 Å². The molecule has 2 aliphatic rings. The van der Waals surface area contributed by atoms with E-state index in [0.29, 0.717) is 0 Å². The maximum absolute atomic E-state index is 11.2. The molecule has 17 heavy (non-hydrogen) atoms. The van der Waals surface area contributed by atoms with Crippen LogP contribution in [0.3, 0.4) is 0 Å². The number of ether oxygens (including phenoxy) is 4. The molecular formula is C11H18O6. The molecule has 0 aromatic rings. The molecule has 2 saturated heterocycles. The van der Waals surface area contributed by atoms with E-state index in [9.17, 15) is 9.90 Å². The summed E-state index contributed by atoms with van der Waals surface area (Å²) in [5.74, 6) is -0.404. The third-order valence-electron chi connectivity index (χ3n) is 3.35. The Hall–Kier alpha value is -0.690. The van der Waals surface area contributed by atoms with Crippen LogP contribution in [-0.4, -0.2) is 56.0 Å². The lowest BCUT2D eigenvalue weighted by atomic mass is 9.86. The molecule has 6 nitrogen and oxygen atoms in total. The van der Waals surface area contributed by atoms with Gasteiger partial charge >= 0.3 is 5.97 Å². The second-order valence-electron chi connectivity index (χ2n) is 4.26. The maximum atomic E-state index is 11.2. The molecule has 98 valence electrons. The molecule has 0 bridgehead atoms. The molecule has 0 aliphatic carbocycles. The molecule has 5 atom stereocenters. The van der Waals surface area contributed by atoms with Gasteiger partial charge in [0.25, 0.3) is 0 Å². The molecule has 0 radical (unpaired) electrons. The van der Waals surface area contributed by atoms with Crippen LogP contribution < -0.4 is 0 Å². The first-order valence-electron chi connectivity index (χ1n) is 5.81. The van der Waals surface area contributed by atoms with E-state index in [1.165, 1.54) is 7.11 Å². The van der Waals surface area contributed by atoms with E-state index in [1.54, 1.807) is 0 Å². The number of carbonyl (C=O) groups excluding carboxylic acids is 1. The summed E-state index contributed by atoms with van der Waals surface area (Å²) in [5, 5.41) is 9.30. The molecule has 0 aromatic carbocycles. The molecule has 0 spiro atoms. The third kappa shape index (κ3) is 2.30. The maximum Gasteiger partial charge on any atom is 0.332 e. The number of fused-ring (bicyclic) bond motifs is 1. The average Bonchev–Trinajstić information content (AvgIpc) is 2.36. The highest BCUT2D eigenvalue weighted by atomic mass is 16.7. The fourth-order valence-electron chi connectivity index (χ4n) is 2.52. The van der Waals surface area contributed by atoms with Crippen LogP contribution in [0.5, 0.6) is 0 Å². The van der Waals surface area contributed by atoms with Crippen LogP contribution in [0.1, 0.15) is 13.3 Å². The van der Waals surface area contributed by atoms with Gasteiger partial charge in [0.2, 0.25) is 0 Å². The van der Waals surface area contributed by atoms with E-state index in [1.807, 2.05) is 6.92 Å². The zero-order valence-electron chi connectivity index (χ0n) is 10.00. The first kappa shape index (κ1) is 12.8. The second-order valence-corrected chi connectivity index (χ2v) is 4.26. The number of hydrogen-bond donors (Lipinski definition) is 1. The summed E-state index contributed by atoms with van der Waals surface area (Å²) in [7, 11) is 1.48. The summed E-state index contributed by atoms with van der Waals surface area (Å²) in [6, 6.07) is 0. The summed E-state index contributed by atoms with van der Waals surface area (Å²) in [6.45, 7) is 1.84. The van der Waals surface area contributed by atoms with Crippen molar-refractivity contribution in [2.45, 2.75) is 37.9 Å². The van der Waals surface area contributed by atoms with Gasteiger partial charge in [0.15, 0.2) is 12.4 Å². The van der Waals surface area contributed by atoms with Crippen molar-refractivity contribution in [3.8, 4) is 0 Å². The predicted molar refractivity (Wildman–Crippen MR) is 56.2 cm³/mol. The number of aliphatic hydroxyl groups is 1. The first-order valence-corrected chi connectivity index (χ1v) is 5.81. The van der Waals surface area contributed by atoms with E-state index in [2.05, 4.69) is 0 Å². The Morgan fingerprint density at radius 1 is 1.47 bits per heavy atom. The van der Waals surface area contributed by atoms with Gasteiger partial charge in [-0.2, -0.15) is 0 Å². The summed E-state index contributed by atoms with van der Waals surface area (Å²) >= 11 is 0. The molecule has 2 rings (SSSR count). The lowest BCUT2D eigenvalue weighted by Gasteiger charge is -2.46. The van der Waals surface area contributed by atoms with Crippen LogP contribution in [0, 0.1) is 5.92 Å². The van der Waals surface area contributed by atoms with E-state index in [-0.39, 0.29) is 31.3 Å². The zero-order valence-corrected chi connectivity index (χ0v) is 10.00. The number of aliphatic hydroxyl groups excluding tert-OH is 1. The van der Waals surface area contributed by atoms with Gasteiger partial charge in [0, 0.05) is 13.0 Å². The van der Waals surface area contributed by atoms with E-state index < -0.39 is 18.4 Å². The minimum absolute atomic E-state index is 0.00417. The van der Waals surface area contributed by atoms with Crippen LogP contribution in [0.4, 0.5) is 0 Å². The molecule has 2 fully saturated rings. The van der Waals surface area contributed by atoms with Crippen molar-refractivity contribution >= 4 is 5.97 Å². The molecule has 1 N–H and O–H groups in total. The Kier molecular flexibility index (Phi) is 3.98. The van der Waals surface area contributed by atoms with Gasteiger partial charge in [-0.3, -0.25) is 0 Å². The number of hydrogen-bond acceptors (Lipinski definition) is 6. The quantitative estimate of drug-likeness (QED) is 0.688. The van der Waals surface area contributed by atoms with E-state index in [0.717, 1.165) is 6.42 Å². The summed E-state index contributed by atoms with van der Waals surface area (Å²) in [6.07, 6.45) is -1.06. The molecule has 2 heterocycles. The standard InChI is InChI=1S/C11H18O6/c1-3-6-7(4-12)16-11(14-2)10-9(6)15-5-8(13)17-10/h6-7,9-12H,3-5H2,1-2H3/t6-,7?,9?,10+,11-/m1/s1. The number of carbonyl (C=O) groups is 1. The van der Waals surface area contributed by atoms with Crippen LogP contribution in [0.25, 0.3) is 0 Å². The Labute approximate surface area is 99.8 Å². The van der Waals surface area contributed by atoms with Crippen molar-refractivity contribution in [2.75, 3.05) is 20.3 Å². The van der Waals surface area contributed by atoms with Crippen molar-refractivity contribution in [1.29, 1.82) is 0 Å². The second kappa shape index (κ2) is 5.30. The smallest absolute Gasteiger partial charge is 0.332 e. The largest absolute Gasteiger partial charge is 0.452 e. The monoisotopic (exact) mass is 246 g/mol. The van der Waals surface area contributed by atoms with Gasteiger partial charge < -0.3 is 24.1 Å². The fraction of sp³-hybridized carbons (Fsp3) is 0.909. The number of methoxy groups -OCH3 is 1. The Bertz CT molecular complexity index is 281. The molecule has 2 unspecified atom stereocenters. The van der Waals surface area contributed by atoms with Crippen molar-refractivity contribution in [2.24, 2.45) is 5.92 Å². The molecular weight excluding hydrogens is 228 g/mol. The molecule has 0 aromatic heterocycles. The highest BCUT2D eigenvalue weighted by Crippen LogP contribution is 2.34. The third-order valence-corrected chi connectivity index (χ3v) is 3.35. The summed E-state index contributed by atoms with van der Waals surface area (Å²) < 4.78 is 21.5. The number of rotatable bonds is 3. The highest BCUT2D eigenvalue weighted by Gasteiger charge is 2.50. The normalized spacial score (nSPS) is 41.8. The zero-order chi connectivity index (χ0) is 12.4. The topological polar surface area (TPSA) is 74.2 Å². The van der Waals surface area contributed by atoms with Crippen molar-refractivity contribution < 1.29 is 28.8 Å². The Morgan fingerprint density at radius 2 is 2.24 bits per heavy atom. The minimum Gasteiger partial charge on any atom is -0.452 e. The minimum atomic E-state index is -0.677. The van der Waals surface area contributed by atoms with Gasteiger partial charge in [-0.1, -0.05) is 6.92 Å². The van der Waals surface area contributed by atoms with Crippen molar-refractivity contribution in [1.82, 2.24) is 0 Å². The molecule has 6 heteroatoms.